The van der Waals surface area contributed by atoms with Crippen molar-refractivity contribution in [3.05, 3.63) is 36.6 Å². The lowest BCUT2D eigenvalue weighted by molar-refractivity contribution is 1.29. The number of aromatic nitrogens is 2. The van der Waals surface area contributed by atoms with E-state index in [9.17, 15) is 0 Å². The zero-order valence-corrected chi connectivity index (χ0v) is 5.28. The Labute approximate surface area is 60.0 Å². The molecule has 0 saturated heterocycles. The van der Waals surface area contributed by atoms with Crippen molar-refractivity contribution in [3.8, 4) is 0 Å². The first-order chi connectivity index (χ1) is 5.36. The van der Waals surface area contributed by atoms with Gasteiger partial charge in [0.25, 0.3) is 0 Å². The fourth-order valence-corrected chi connectivity index (χ4v) is 0.865. The highest BCUT2D eigenvalue weighted by Gasteiger charge is 1.88. The van der Waals surface area contributed by atoms with Crippen LogP contribution in [-0.4, -0.2) is 9.97 Å². The Hall–Kier alpha value is -1.44. The number of hydrogen-bond acceptors (Lipinski definition) is 2. The van der Waals surface area contributed by atoms with Crippen molar-refractivity contribution in [1.82, 2.24) is 9.97 Å². The minimum Gasteiger partial charge on any atom is -0.253 e. The third-order valence-electron chi connectivity index (χ3n) is 1.33. The van der Waals surface area contributed by atoms with Gasteiger partial charge in [0.05, 0.1) is 12.4 Å². The summed E-state index contributed by atoms with van der Waals surface area (Å²) in [5.74, 6) is 0. The van der Waals surface area contributed by atoms with E-state index in [1.54, 1.807) is 0 Å². The Kier molecular flexibility index (Phi) is 0.905. The van der Waals surface area contributed by atoms with Gasteiger partial charge in [0, 0.05) is 12.4 Å². The van der Waals surface area contributed by atoms with Crippen molar-refractivity contribution >= 4 is 11.0 Å². The first-order valence-corrected chi connectivity index (χ1v) is 3.05. The summed E-state index contributed by atoms with van der Waals surface area (Å²) in [6, 6.07) is 7.51. The number of rotatable bonds is 0. The normalized spacial score (nSPS) is 11.4. The number of hydrogen-bond donors (Lipinski definition) is 0. The molecule has 1 heterocycles. The molecule has 0 radical (unpaired) electrons. The molecule has 10 heavy (non-hydrogen) atoms. The molecule has 0 saturated carbocycles. The van der Waals surface area contributed by atoms with Gasteiger partial charge in [0.15, 0.2) is 0 Å². The van der Waals surface area contributed by atoms with Gasteiger partial charge in [0.1, 0.15) is 0 Å². The lowest BCUT2D eigenvalue weighted by atomic mass is 10.3. The number of nitrogens with zero attached hydrogens (tertiary/aromatic N) is 2. The molecule has 0 aliphatic heterocycles. The van der Waals surface area contributed by atoms with E-state index in [0.29, 0.717) is 0 Å². The molecule has 2 heteroatoms. The highest BCUT2D eigenvalue weighted by atomic mass is 14.8. The molecule has 0 amide bonds. The van der Waals surface area contributed by atoms with E-state index < -0.39 is 0 Å². The third kappa shape index (κ3) is 0.739. The van der Waals surface area contributed by atoms with Crippen molar-refractivity contribution in [3.63, 3.8) is 0 Å². The molecule has 0 bridgehead atoms. The molecule has 48 valence electrons. The molecule has 1 aromatic carbocycles. The summed E-state index contributed by atoms with van der Waals surface area (Å²) in [7, 11) is 0. The van der Waals surface area contributed by atoms with E-state index in [4.69, 9.17) is 1.37 Å². The maximum absolute atomic E-state index is 7.20. The first-order valence-electron chi connectivity index (χ1n) is 3.55. The fourth-order valence-electron chi connectivity index (χ4n) is 0.865. The molecular weight excluding hydrogens is 124 g/mol. The molecule has 0 aliphatic rings. The zero-order chi connectivity index (χ0) is 7.68. The minimum absolute atomic E-state index is 0.212. The predicted molar refractivity (Wildman–Crippen MR) is 39.5 cm³/mol. The first kappa shape index (κ1) is 4.39. The molecular formula is C8H6N2. The molecule has 0 N–H and O–H groups in total. The van der Waals surface area contributed by atoms with E-state index >= 15 is 0 Å². The van der Waals surface area contributed by atoms with Crippen LogP contribution in [0.15, 0.2) is 36.6 Å². The van der Waals surface area contributed by atoms with Crippen LogP contribution >= 0.6 is 0 Å². The summed E-state index contributed by atoms with van der Waals surface area (Å²) in [5, 5.41) is 0. The van der Waals surface area contributed by atoms with Crippen LogP contribution in [0.2, 0.25) is 0 Å². The van der Waals surface area contributed by atoms with Crippen LogP contribution in [0.25, 0.3) is 11.0 Å². The summed E-state index contributed by atoms with van der Waals surface area (Å²) in [5.41, 5.74) is 1.61. The second-order valence-corrected chi connectivity index (χ2v) is 1.99. The van der Waals surface area contributed by atoms with Gasteiger partial charge in [0.2, 0.25) is 0 Å². The van der Waals surface area contributed by atoms with Crippen LogP contribution in [0.3, 0.4) is 0 Å². The molecule has 2 rings (SSSR count). The Bertz CT molecular complexity index is 387. The van der Waals surface area contributed by atoms with Gasteiger partial charge in [-0.3, -0.25) is 9.97 Å². The standard InChI is InChI=1S/C8H6N2/c1-2-4-8-7(3-1)9-5-6-10-8/h1-6H/i5D. The topological polar surface area (TPSA) is 25.8 Å². The predicted octanol–water partition coefficient (Wildman–Crippen LogP) is 1.63. The number of benzene rings is 1. The molecule has 0 fully saturated rings. The van der Waals surface area contributed by atoms with Crippen molar-refractivity contribution in [2.24, 2.45) is 0 Å². The van der Waals surface area contributed by atoms with Crippen LogP contribution in [0, 0.1) is 0 Å². The van der Waals surface area contributed by atoms with Crippen LogP contribution in [0.4, 0.5) is 0 Å². The van der Waals surface area contributed by atoms with Gasteiger partial charge in [-0.25, -0.2) is 0 Å². The smallest absolute Gasteiger partial charge is 0.0886 e. The Morgan fingerprint density at radius 1 is 1.10 bits per heavy atom. The molecule has 0 atom stereocenters. The average Bonchev–Trinajstić information content (AvgIpc) is 2.04. The SMILES string of the molecule is [2H]c1cnc2ccccc2n1. The largest absolute Gasteiger partial charge is 0.253 e. The van der Waals surface area contributed by atoms with Crippen LogP contribution < -0.4 is 0 Å². The van der Waals surface area contributed by atoms with Crippen molar-refractivity contribution in [2.45, 2.75) is 0 Å². The summed E-state index contributed by atoms with van der Waals surface area (Å²) >= 11 is 0. The van der Waals surface area contributed by atoms with E-state index in [-0.39, 0.29) is 6.17 Å². The lowest BCUT2D eigenvalue weighted by Gasteiger charge is -1.90. The Balaban J connectivity index is 2.83. The summed E-state index contributed by atoms with van der Waals surface area (Å²) < 4.78 is 7.20. The van der Waals surface area contributed by atoms with Crippen LogP contribution in [0.1, 0.15) is 1.37 Å². The molecule has 2 aromatic rings. The van der Waals surface area contributed by atoms with E-state index in [1.807, 2.05) is 24.3 Å². The second-order valence-electron chi connectivity index (χ2n) is 1.99. The Morgan fingerprint density at radius 2 is 1.80 bits per heavy atom. The average molecular weight is 131 g/mol. The van der Waals surface area contributed by atoms with Gasteiger partial charge < -0.3 is 0 Å². The zero-order valence-electron chi connectivity index (χ0n) is 6.28. The van der Waals surface area contributed by atoms with E-state index in [2.05, 4.69) is 9.97 Å². The van der Waals surface area contributed by atoms with Gasteiger partial charge in [-0.05, 0) is 12.1 Å². The number of fused-ring (bicyclic) bond motifs is 1. The van der Waals surface area contributed by atoms with E-state index in [0.717, 1.165) is 11.0 Å². The van der Waals surface area contributed by atoms with Gasteiger partial charge >= 0.3 is 0 Å². The van der Waals surface area contributed by atoms with Crippen LogP contribution in [-0.2, 0) is 0 Å². The minimum atomic E-state index is 0.212. The second kappa shape index (κ2) is 2.06. The molecule has 0 aliphatic carbocycles. The maximum Gasteiger partial charge on any atom is 0.0886 e. The van der Waals surface area contributed by atoms with Gasteiger partial charge in [-0.15, -0.1) is 0 Å². The fraction of sp³-hybridized carbons (Fsp3) is 0. The third-order valence-corrected chi connectivity index (χ3v) is 1.33. The van der Waals surface area contributed by atoms with Crippen molar-refractivity contribution < 1.29 is 1.37 Å². The van der Waals surface area contributed by atoms with Crippen molar-refractivity contribution in [1.29, 1.82) is 0 Å². The summed E-state index contributed by atoms with van der Waals surface area (Å²) in [6.45, 7) is 0. The molecule has 0 unspecified atom stereocenters. The monoisotopic (exact) mass is 131 g/mol. The highest BCUT2D eigenvalue weighted by molar-refractivity contribution is 5.72. The van der Waals surface area contributed by atoms with Crippen molar-refractivity contribution in [2.75, 3.05) is 0 Å². The maximum atomic E-state index is 7.20. The summed E-state index contributed by atoms with van der Waals surface area (Å²) in [4.78, 5) is 8.01. The highest BCUT2D eigenvalue weighted by Crippen LogP contribution is 2.04. The summed E-state index contributed by atoms with van der Waals surface area (Å²) in [6.07, 6.45) is 1.66. The van der Waals surface area contributed by atoms with Gasteiger partial charge in [-0.2, -0.15) is 0 Å². The molecule has 0 spiro atoms. The number of para-hydroxylation sites is 2. The van der Waals surface area contributed by atoms with Crippen LogP contribution in [0.5, 0.6) is 0 Å². The lowest BCUT2D eigenvalue weighted by Crippen LogP contribution is -1.78. The molecule has 1 aromatic heterocycles. The Morgan fingerprint density at radius 3 is 2.60 bits per heavy atom. The van der Waals surface area contributed by atoms with E-state index in [1.165, 1.54) is 6.20 Å². The molecule has 2 nitrogen and oxygen atoms in total. The van der Waals surface area contributed by atoms with Gasteiger partial charge in [-0.1, -0.05) is 12.1 Å². The quantitative estimate of drug-likeness (QED) is 0.543.